The van der Waals surface area contributed by atoms with E-state index in [1.165, 1.54) is 17.4 Å². The van der Waals surface area contributed by atoms with E-state index in [9.17, 15) is 9.18 Å². The van der Waals surface area contributed by atoms with Crippen molar-refractivity contribution in [1.82, 2.24) is 10.1 Å². The Kier molecular flexibility index (Phi) is 3.67. The molecular formula is C17H19FN6O3. The highest BCUT2D eigenvalue weighted by atomic mass is 19.1. The highest BCUT2D eigenvalue weighted by Crippen LogP contribution is 2.45. The molecule has 2 aliphatic heterocycles. The summed E-state index contributed by atoms with van der Waals surface area (Å²) in [5, 5.41) is 6.55. The lowest BCUT2D eigenvalue weighted by atomic mass is 10.2. The van der Waals surface area contributed by atoms with E-state index in [2.05, 4.69) is 20.0 Å². The van der Waals surface area contributed by atoms with Crippen LogP contribution >= 0.6 is 0 Å². The third kappa shape index (κ3) is 2.85. The molecule has 3 aliphatic rings. The van der Waals surface area contributed by atoms with Gasteiger partial charge >= 0.3 is 6.09 Å². The highest BCUT2D eigenvalue weighted by Gasteiger charge is 2.53. The molecule has 2 aromatic rings. The molecule has 5 rings (SSSR count). The number of ether oxygens (including phenoxy) is 1. The average molecular weight is 374 g/mol. The number of cyclic esters (lactones) is 1. The summed E-state index contributed by atoms with van der Waals surface area (Å²) in [6.45, 7) is 2.22. The van der Waals surface area contributed by atoms with Gasteiger partial charge in [-0.05, 0) is 35.2 Å². The molecule has 3 heterocycles. The van der Waals surface area contributed by atoms with E-state index < -0.39 is 12.2 Å². The quantitative estimate of drug-likeness (QED) is 0.799. The zero-order valence-electron chi connectivity index (χ0n) is 14.4. The molecule has 3 N–H and O–H groups in total. The highest BCUT2D eigenvalue weighted by molar-refractivity contribution is 5.90. The number of aromatic nitrogens is 2. The number of nitrogens with two attached hydrogens (primary N) is 1. The van der Waals surface area contributed by atoms with Gasteiger partial charge in [-0.1, -0.05) is 0 Å². The molecule has 10 heteroatoms. The van der Waals surface area contributed by atoms with Crippen molar-refractivity contribution in [2.45, 2.75) is 12.1 Å². The lowest BCUT2D eigenvalue weighted by molar-refractivity contribution is 0.147. The number of carbonyl (C=O) groups excluding carboxylic acids is 1. The number of piperidine rings is 1. The summed E-state index contributed by atoms with van der Waals surface area (Å²) >= 11 is 0. The first-order valence-electron chi connectivity index (χ1n) is 8.88. The van der Waals surface area contributed by atoms with Gasteiger partial charge in [-0.2, -0.15) is 4.98 Å². The Hall–Kier alpha value is -2.88. The number of hydrogen-bond donors (Lipinski definition) is 2. The number of hydrogen-bond acceptors (Lipinski definition) is 8. The van der Waals surface area contributed by atoms with Crippen molar-refractivity contribution >= 4 is 23.4 Å². The predicted molar refractivity (Wildman–Crippen MR) is 94.0 cm³/mol. The van der Waals surface area contributed by atoms with Gasteiger partial charge < -0.3 is 25.2 Å². The summed E-state index contributed by atoms with van der Waals surface area (Å²) in [5.41, 5.74) is 6.98. The molecule has 0 radical (unpaired) electrons. The van der Waals surface area contributed by atoms with Crippen molar-refractivity contribution in [2.24, 2.45) is 17.6 Å². The van der Waals surface area contributed by atoms with Crippen LogP contribution in [0.3, 0.4) is 0 Å². The summed E-state index contributed by atoms with van der Waals surface area (Å²) in [6, 6.07) is 5.12. The van der Waals surface area contributed by atoms with Gasteiger partial charge in [-0.15, -0.1) is 0 Å². The van der Waals surface area contributed by atoms with E-state index in [4.69, 9.17) is 10.5 Å². The molecule has 1 unspecified atom stereocenters. The van der Waals surface area contributed by atoms with Gasteiger partial charge in [0.05, 0.1) is 24.5 Å². The van der Waals surface area contributed by atoms with Crippen LogP contribution in [0.15, 0.2) is 29.1 Å². The minimum atomic E-state index is -0.504. The minimum Gasteiger partial charge on any atom is -0.442 e. The monoisotopic (exact) mass is 374 g/mol. The molecule has 1 saturated carbocycles. The van der Waals surface area contributed by atoms with Gasteiger partial charge in [0.1, 0.15) is 11.9 Å². The molecule has 2 saturated heterocycles. The fraction of sp³-hybridized carbons (Fsp3) is 0.471. The number of anilines is 3. The van der Waals surface area contributed by atoms with Gasteiger partial charge in [0, 0.05) is 19.1 Å². The summed E-state index contributed by atoms with van der Waals surface area (Å²) in [4.78, 5) is 19.5. The van der Waals surface area contributed by atoms with Crippen LogP contribution in [0.4, 0.5) is 26.5 Å². The molecule has 4 atom stereocenters. The summed E-state index contributed by atoms with van der Waals surface area (Å²) < 4.78 is 24.6. The largest absolute Gasteiger partial charge is 0.442 e. The van der Waals surface area contributed by atoms with Crippen LogP contribution in [-0.2, 0) is 4.74 Å². The molecule has 9 nitrogen and oxygen atoms in total. The Bertz CT molecular complexity index is 850. The van der Waals surface area contributed by atoms with Crippen LogP contribution in [0.25, 0.3) is 0 Å². The number of benzene rings is 1. The number of amides is 1. The van der Waals surface area contributed by atoms with Crippen molar-refractivity contribution in [1.29, 1.82) is 0 Å². The maximum absolute atomic E-state index is 14.7. The van der Waals surface area contributed by atoms with Crippen LogP contribution in [-0.4, -0.2) is 54.6 Å². The fourth-order valence-electron chi connectivity index (χ4n) is 3.98. The summed E-state index contributed by atoms with van der Waals surface area (Å²) in [7, 11) is 0. The molecular weight excluding hydrogens is 355 g/mol. The Labute approximate surface area is 154 Å². The Morgan fingerprint density at radius 1 is 1.30 bits per heavy atom. The van der Waals surface area contributed by atoms with Crippen LogP contribution in [0.5, 0.6) is 0 Å². The van der Waals surface area contributed by atoms with Crippen LogP contribution < -0.4 is 20.9 Å². The number of halogens is 1. The van der Waals surface area contributed by atoms with E-state index >= 15 is 0 Å². The standard InChI is InChI=1S/C17H19FN6O3/c18-13-3-9(1-2-14(13)23-6-11-12(7-23)15(11)19)24-5-10(27-17(24)25)4-20-16-21-8-26-22-16/h1-3,8,10-12,15H,4-7,19H2,(H,20,22)/t10-,11-,12+,15?/m0/s1. The molecule has 3 fully saturated rings. The zero-order chi connectivity index (χ0) is 18.5. The lowest BCUT2D eigenvalue weighted by Crippen LogP contribution is -2.29. The Balaban J connectivity index is 1.24. The SMILES string of the molecule is NC1[C@H]2CN(c3ccc(N4C[C@H](CNc5ncon5)OC4=O)cc3F)C[C@@H]12. The van der Waals surface area contributed by atoms with E-state index in [1.54, 1.807) is 12.1 Å². The summed E-state index contributed by atoms with van der Waals surface area (Å²) in [6.07, 6.45) is 0.304. The fourth-order valence-corrected chi connectivity index (χ4v) is 3.98. The summed E-state index contributed by atoms with van der Waals surface area (Å²) in [5.74, 6) is 0.932. The van der Waals surface area contributed by atoms with Crippen molar-refractivity contribution in [3.05, 3.63) is 30.4 Å². The maximum atomic E-state index is 14.7. The first-order valence-corrected chi connectivity index (χ1v) is 8.88. The third-order valence-corrected chi connectivity index (χ3v) is 5.57. The van der Waals surface area contributed by atoms with E-state index in [0.29, 0.717) is 42.2 Å². The molecule has 1 amide bonds. The number of fused-ring (bicyclic) bond motifs is 1. The van der Waals surface area contributed by atoms with Crippen molar-refractivity contribution in [2.75, 3.05) is 41.3 Å². The first kappa shape index (κ1) is 16.3. The van der Waals surface area contributed by atoms with Crippen molar-refractivity contribution in [3.8, 4) is 0 Å². The van der Waals surface area contributed by atoms with Gasteiger partial charge in [-0.25, -0.2) is 9.18 Å². The average Bonchev–Trinajstić information content (AvgIpc) is 3.16. The second-order valence-corrected chi connectivity index (χ2v) is 7.20. The predicted octanol–water partition coefficient (Wildman–Crippen LogP) is 1.04. The normalized spacial score (nSPS) is 29.0. The molecule has 0 spiro atoms. The van der Waals surface area contributed by atoms with E-state index in [-0.39, 0.29) is 11.9 Å². The first-order chi connectivity index (χ1) is 13.1. The molecule has 27 heavy (non-hydrogen) atoms. The molecule has 1 aromatic carbocycles. The van der Waals surface area contributed by atoms with Gasteiger partial charge in [0.25, 0.3) is 5.95 Å². The van der Waals surface area contributed by atoms with Gasteiger partial charge in [0.15, 0.2) is 0 Å². The number of nitrogens with zero attached hydrogens (tertiary/aromatic N) is 4. The molecule has 0 bridgehead atoms. The maximum Gasteiger partial charge on any atom is 0.414 e. The molecule has 142 valence electrons. The second kappa shape index (κ2) is 6.08. The minimum absolute atomic E-state index is 0.265. The smallest absolute Gasteiger partial charge is 0.414 e. The topological polar surface area (TPSA) is 110 Å². The van der Waals surface area contributed by atoms with E-state index in [0.717, 1.165) is 13.1 Å². The Morgan fingerprint density at radius 2 is 2.11 bits per heavy atom. The van der Waals surface area contributed by atoms with Crippen molar-refractivity contribution < 1.29 is 18.4 Å². The lowest BCUT2D eigenvalue weighted by Gasteiger charge is -2.23. The van der Waals surface area contributed by atoms with E-state index in [1.807, 2.05) is 4.90 Å². The van der Waals surface area contributed by atoms with Crippen LogP contribution in [0.1, 0.15) is 0 Å². The van der Waals surface area contributed by atoms with Gasteiger partial charge in [0.2, 0.25) is 6.39 Å². The Morgan fingerprint density at radius 3 is 2.81 bits per heavy atom. The number of carbonyl (C=O) groups is 1. The van der Waals surface area contributed by atoms with Crippen LogP contribution in [0, 0.1) is 17.7 Å². The van der Waals surface area contributed by atoms with Gasteiger partial charge in [-0.3, -0.25) is 4.90 Å². The molecule has 1 aliphatic carbocycles. The third-order valence-electron chi connectivity index (χ3n) is 5.57. The van der Waals surface area contributed by atoms with Crippen molar-refractivity contribution in [3.63, 3.8) is 0 Å². The number of rotatable bonds is 5. The zero-order valence-corrected chi connectivity index (χ0v) is 14.4. The second-order valence-electron chi connectivity index (χ2n) is 7.20. The molecule has 1 aromatic heterocycles. The van der Waals surface area contributed by atoms with Crippen LogP contribution in [0.2, 0.25) is 0 Å². The number of nitrogens with one attached hydrogen (secondary N) is 1.